The molecule has 3 heteroatoms. The van der Waals surface area contributed by atoms with E-state index < -0.39 is 0 Å². The fraction of sp³-hybridized carbons (Fsp3) is 0.111. The summed E-state index contributed by atoms with van der Waals surface area (Å²) < 4.78 is 13.5. The molecule has 0 aromatic heterocycles. The van der Waals surface area contributed by atoms with Crippen molar-refractivity contribution in [3.05, 3.63) is 41.1 Å². The van der Waals surface area contributed by atoms with Crippen molar-refractivity contribution in [2.75, 3.05) is 11.9 Å². The average molecular weight is 230 g/mol. The molecular formula is C9H9BrFN. The Balaban J connectivity index is 2.82. The van der Waals surface area contributed by atoms with E-state index >= 15 is 0 Å². The van der Waals surface area contributed by atoms with Gasteiger partial charge in [0.25, 0.3) is 0 Å². The first-order valence-electron chi connectivity index (χ1n) is 3.54. The largest absolute Gasteiger partial charge is 0.381 e. The van der Waals surface area contributed by atoms with Crippen LogP contribution >= 0.6 is 15.9 Å². The van der Waals surface area contributed by atoms with Gasteiger partial charge in [-0.05, 0) is 34.1 Å². The first-order valence-corrected chi connectivity index (χ1v) is 4.33. The van der Waals surface area contributed by atoms with Gasteiger partial charge in [-0.25, -0.2) is 4.39 Å². The van der Waals surface area contributed by atoms with E-state index in [-0.39, 0.29) is 5.82 Å². The maximum absolute atomic E-state index is 12.7. The third-order valence-electron chi connectivity index (χ3n) is 1.37. The lowest BCUT2D eigenvalue weighted by molar-refractivity contribution is 0.628. The van der Waals surface area contributed by atoms with Crippen LogP contribution in [-0.2, 0) is 0 Å². The van der Waals surface area contributed by atoms with Gasteiger partial charge in [-0.2, -0.15) is 0 Å². The Morgan fingerprint density at radius 2 is 2.33 bits per heavy atom. The summed E-state index contributed by atoms with van der Waals surface area (Å²) in [7, 11) is 0. The Morgan fingerprint density at radius 1 is 1.58 bits per heavy atom. The van der Waals surface area contributed by atoms with Crippen molar-refractivity contribution in [1.29, 1.82) is 0 Å². The zero-order chi connectivity index (χ0) is 8.97. The molecular weight excluding hydrogens is 221 g/mol. The number of hydrogen-bond donors (Lipinski definition) is 1. The maximum Gasteiger partial charge on any atom is 0.125 e. The van der Waals surface area contributed by atoms with E-state index in [0.717, 1.165) is 10.2 Å². The maximum atomic E-state index is 12.7. The fourth-order valence-corrected chi connectivity index (χ4v) is 1.20. The number of anilines is 1. The van der Waals surface area contributed by atoms with Gasteiger partial charge in [0.1, 0.15) is 5.82 Å². The fourth-order valence-electron chi connectivity index (χ4n) is 0.815. The van der Waals surface area contributed by atoms with E-state index in [0.29, 0.717) is 6.54 Å². The van der Waals surface area contributed by atoms with Crippen LogP contribution in [0.1, 0.15) is 0 Å². The minimum Gasteiger partial charge on any atom is -0.381 e. The summed E-state index contributed by atoms with van der Waals surface area (Å²) in [6, 6.07) is 4.51. The lowest BCUT2D eigenvalue weighted by Crippen LogP contribution is -1.98. The molecule has 0 spiro atoms. The van der Waals surface area contributed by atoms with Crippen LogP contribution in [0.4, 0.5) is 10.1 Å². The van der Waals surface area contributed by atoms with Crippen LogP contribution in [0.25, 0.3) is 0 Å². The van der Waals surface area contributed by atoms with E-state index in [1.54, 1.807) is 12.1 Å². The Morgan fingerprint density at radius 3 is 3.00 bits per heavy atom. The molecule has 0 fully saturated rings. The van der Waals surface area contributed by atoms with Crippen LogP contribution in [0.5, 0.6) is 0 Å². The summed E-state index contributed by atoms with van der Waals surface area (Å²) in [4.78, 5) is 0. The molecule has 0 radical (unpaired) electrons. The van der Waals surface area contributed by atoms with Gasteiger partial charge in [0.2, 0.25) is 0 Å². The summed E-state index contributed by atoms with van der Waals surface area (Å²) in [5.41, 5.74) is 0.745. The quantitative estimate of drug-likeness (QED) is 0.786. The predicted molar refractivity (Wildman–Crippen MR) is 52.8 cm³/mol. The second-order valence-corrected chi connectivity index (χ2v) is 3.15. The molecule has 0 aliphatic carbocycles. The summed E-state index contributed by atoms with van der Waals surface area (Å²) in [6.07, 6.45) is 1.72. The molecule has 64 valence electrons. The summed E-state index contributed by atoms with van der Waals surface area (Å²) in [6.45, 7) is 4.18. The van der Waals surface area contributed by atoms with Gasteiger partial charge in [-0.1, -0.05) is 6.08 Å². The summed E-state index contributed by atoms with van der Waals surface area (Å²) in [5.74, 6) is -0.246. The van der Waals surface area contributed by atoms with E-state index in [4.69, 9.17) is 0 Å². The third kappa shape index (κ3) is 2.34. The van der Waals surface area contributed by atoms with Crippen molar-refractivity contribution in [2.45, 2.75) is 0 Å². The predicted octanol–water partition coefficient (Wildman–Crippen LogP) is 3.19. The van der Waals surface area contributed by atoms with E-state index in [1.165, 1.54) is 12.1 Å². The SMILES string of the molecule is C=CCNc1cc(F)ccc1Br. The molecule has 1 aromatic rings. The van der Waals surface area contributed by atoms with Crippen molar-refractivity contribution in [3.8, 4) is 0 Å². The number of rotatable bonds is 3. The molecule has 0 heterocycles. The van der Waals surface area contributed by atoms with E-state index in [9.17, 15) is 4.39 Å². The highest BCUT2D eigenvalue weighted by molar-refractivity contribution is 9.10. The zero-order valence-electron chi connectivity index (χ0n) is 6.48. The number of halogens is 2. The molecule has 1 rings (SSSR count). The third-order valence-corrected chi connectivity index (χ3v) is 2.06. The standard InChI is InChI=1S/C9H9BrFN/c1-2-5-12-9-6-7(11)3-4-8(9)10/h2-4,6,12H,1,5H2. The molecule has 0 amide bonds. The van der Waals surface area contributed by atoms with E-state index in [1.807, 2.05) is 0 Å². The number of hydrogen-bond acceptors (Lipinski definition) is 1. The molecule has 0 saturated heterocycles. The van der Waals surface area contributed by atoms with Gasteiger partial charge < -0.3 is 5.32 Å². The molecule has 0 saturated carbocycles. The highest BCUT2D eigenvalue weighted by atomic mass is 79.9. The second kappa shape index (κ2) is 4.26. The molecule has 1 N–H and O–H groups in total. The molecule has 0 aliphatic heterocycles. The monoisotopic (exact) mass is 229 g/mol. The molecule has 1 nitrogen and oxygen atoms in total. The van der Waals surface area contributed by atoms with Gasteiger partial charge in [-0.3, -0.25) is 0 Å². The summed E-state index contributed by atoms with van der Waals surface area (Å²) in [5, 5.41) is 3.00. The van der Waals surface area contributed by atoms with Crippen LogP contribution < -0.4 is 5.32 Å². The molecule has 0 unspecified atom stereocenters. The lowest BCUT2D eigenvalue weighted by atomic mass is 10.3. The normalized spacial score (nSPS) is 9.50. The molecule has 0 atom stereocenters. The average Bonchev–Trinajstić information content (AvgIpc) is 2.07. The molecule has 0 bridgehead atoms. The lowest BCUT2D eigenvalue weighted by Gasteiger charge is -2.05. The summed E-state index contributed by atoms with van der Waals surface area (Å²) >= 11 is 3.30. The smallest absolute Gasteiger partial charge is 0.125 e. The zero-order valence-corrected chi connectivity index (χ0v) is 8.07. The molecule has 1 aromatic carbocycles. The highest BCUT2D eigenvalue weighted by Gasteiger charge is 1.98. The molecule has 0 aliphatic rings. The van der Waals surface area contributed by atoms with E-state index in [2.05, 4.69) is 27.8 Å². The first kappa shape index (κ1) is 9.26. The van der Waals surface area contributed by atoms with Gasteiger partial charge in [0.15, 0.2) is 0 Å². The van der Waals surface area contributed by atoms with Gasteiger partial charge in [-0.15, -0.1) is 6.58 Å². The van der Waals surface area contributed by atoms with Crippen LogP contribution in [-0.4, -0.2) is 6.54 Å². The Labute approximate surface area is 79.4 Å². The number of benzene rings is 1. The van der Waals surface area contributed by atoms with Gasteiger partial charge in [0, 0.05) is 11.0 Å². The Hall–Kier alpha value is -0.830. The van der Waals surface area contributed by atoms with Gasteiger partial charge in [0.05, 0.1) is 5.69 Å². The number of nitrogens with one attached hydrogen (secondary N) is 1. The van der Waals surface area contributed by atoms with Crippen molar-refractivity contribution in [2.24, 2.45) is 0 Å². The Bertz CT molecular complexity index is 286. The van der Waals surface area contributed by atoms with Crippen LogP contribution in [0, 0.1) is 5.82 Å². The minimum atomic E-state index is -0.246. The van der Waals surface area contributed by atoms with Crippen molar-refractivity contribution in [1.82, 2.24) is 0 Å². The van der Waals surface area contributed by atoms with Crippen molar-refractivity contribution >= 4 is 21.6 Å². The second-order valence-electron chi connectivity index (χ2n) is 2.29. The molecule has 12 heavy (non-hydrogen) atoms. The van der Waals surface area contributed by atoms with Crippen LogP contribution in [0.2, 0.25) is 0 Å². The van der Waals surface area contributed by atoms with Crippen molar-refractivity contribution < 1.29 is 4.39 Å². The van der Waals surface area contributed by atoms with Crippen molar-refractivity contribution in [3.63, 3.8) is 0 Å². The first-order chi connectivity index (χ1) is 5.74. The van der Waals surface area contributed by atoms with Gasteiger partial charge >= 0.3 is 0 Å². The Kier molecular flexibility index (Phi) is 3.29. The topological polar surface area (TPSA) is 12.0 Å². The highest BCUT2D eigenvalue weighted by Crippen LogP contribution is 2.22. The van der Waals surface area contributed by atoms with Crippen LogP contribution in [0.3, 0.4) is 0 Å². The minimum absolute atomic E-state index is 0.246. The van der Waals surface area contributed by atoms with Crippen LogP contribution in [0.15, 0.2) is 35.3 Å².